The predicted molar refractivity (Wildman–Crippen MR) is 114 cm³/mol. The van der Waals surface area contributed by atoms with Gasteiger partial charge in [-0.3, -0.25) is 9.89 Å². The fourth-order valence-electron chi connectivity index (χ4n) is 2.79. The number of H-pyrrole nitrogens is 1. The molecule has 0 aliphatic carbocycles. The molecule has 2 rings (SSSR count). The van der Waals surface area contributed by atoms with Gasteiger partial charge in [-0.25, -0.2) is 4.98 Å². The van der Waals surface area contributed by atoms with Crippen molar-refractivity contribution in [1.29, 1.82) is 0 Å². The molecule has 2 aromatic rings. The first-order valence-corrected chi connectivity index (χ1v) is 11.0. The fraction of sp³-hybridized carbons (Fsp3) is 0.550. The van der Waals surface area contributed by atoms with Crippen molar-refractivity contribution < 1.29 is 9.53 Å². The van der Waals surface area contributed by atoms with Gasteiger partial charge in [0.1, 0.15) is 12.4 Å². The molecule has 0 unspecified atom stereocenters. The fourth-order valence-corrected chi connectivity index (χ4v) is 3.59. The SMILES string of the molecule is CC[C@H](C)N(C(=O)CSc1n[nH]c(COc2ccc(Cl)c(C)c2)n1)[C@@H](C)CC. The number of aromatic nitrogens is 3. The quantitative estimate of drug-likeness (QED) is 0.551. The highest BCUT2D eigenvalue weighted by atomic mass is 35.5. The molecule has 1 heterocycles. The zero-order valence-electron chi connectivity index (χ0n) is 17.2. The van der Waals surface area contributed by atoms with Crippen LogP contribution in [0.4, 0.5) is 0 Å². The lowest BCUT2D eigenvalue weighted by Crippen LogP contribution is -2.45. The van der Waals surface area contributed by atoms with Crippen molar-refractivity contribution in [3.63, 3.8) is 0 Å². The summed E-state index contributed by atoms with van der Waals surface area (Å²) in [7, 11) is 0. The topological polar surface area (TPSA) is 71.1 Å². The highest BCUT2D eigenvalue weighted by molar-refractivity contribution is 7.99. The van der Waals surface area contributed by atoms with E-state index in [1.807, 2.05) is 24.0 Å². The molecule has 8 heteroatoms. The first-order valence-electron chi connectivity index (χ1n) is 9.59. The lowest BCUT2D eigenvalue weighted by molar-refractivity contribution is -0.132. The molecule has 154 valence electrons. The van der Waals surface area contributed by atoms with E-state index in [9.17, 15) is 4.79 Å². The Morgan fingerprint density at radius 2 is 1.96 bits per heavy atom. The molecule has 0 saturated carbocycles. The van der Waals surface area contributed by atoms with E-state index in [0.717, 1.165) is 24.2 Å². The molecule has 1 aromatic carbocycles. The molecule has 0 spiro atoms. The van der Waals surface area contributed by atoms with Gasteiger partial charge in [0.2, 0.25) is 11.1 Å². The van der Waals surface area contributed by atoms with Crippen LogP contribution in [-0.2, 0) is 11.4 Å². The highest BCUT2D eigenvalue weighted by Crippen LogP contribution is 2.22. The summed E-state index contributed by atoms with van der Waals surface area (Å²) in [5.41, 5.74) is 0.957. The van der Waals surface area contributed by atoms with E-state index in [4.69, 9.17) is 16.3 Å². The molecule has 1 aromatic heterocycles. The monoisotopic (exact) mass is 424 g/mol. The van der Waals surface area contributed by atoms with E-state index in [1.54, 1.807) is 6.07 Å². The average molecular weight is 425 g/mol. The van der Waals surface area contributed by atoms with Gasteiger partial charge in [0.25, 0.3) is 0 Å². The summed E-state index contributed by atoms with van der Waals surface area (Å²) in [6, 6.07) is 5.95. The summed E-state index contributed by atoms with van der Waals surface area (Å²) in [6.45, 7) is 10.6. The third-order valence-corrected chi connectivity index (χ3v) is 6.02. The maximum atomic E-state index is 12.7. The maximum Gasteiger partial charge on any atom is 0.233 e. The molecule has 6 nitrogen and oxygen atoms in total. The van der Waals surface area contributed by atoms with Crippen molar-refractivity contribution in [3.8, 4) is 5.75 Å². The third-order valence-electron chi connectivity index (χ3n) is 4.76. The summed E-state index contributed by atoms with van der Waals surface area (Å²) in [6.07, 6.45) is 1.88. The van der Waals surface area contributed by atoms with Gasteiger partial charge >= 0.3 is 0 Å². The van der Waals surface area contributed by atoms with Crippen LogP contribution < -0.4 is 4.74 Å². The van der Waals surface area contributed by atoms with Crippen LogP contribution in [0.3, 0.4) is 0 Å². The Hall–Kier alpha value is -1.73. The maximum absolute atomic E-state index is 12.7. The Labute approximate surface area is 176 Å². The number of carbonyl (C=O) groups is 1. The Bertz CT molecular complexity index is 773. The first kappa shape index (κ1) is 22.6. The van der Waals surface area contributed by atoms with Crippen molar-refractivity contribution in [2.45, 2.75) is 71.3 Å². The number of nitrogens with zero attached hydrogens (tertiary/aromatic N) is 3. The van der Waals surface area contributed by atoms with Crippen LogP contribution in [0.1, 0.15) is 51.9 Å². The molecule has 0 saturated heterocycles. The van der Waals surface area contributed by atoms with E-state index in [-0.39, 0.29) is 24.6 Å². The standard InChI is InChI=1S/C20H29ClN4O2S/c1-6-14(4)25(15(5)7-2)19(26)12-28-20-22-18(23-24-20)11-27-16-8-9-17(21)13(3)10-16/h8-10,14-15H,6-7,11-12H2,1-5H3,(H,22,23,24)/t14-,15-/m0/s1. The van der Waals surface area contributed by atoms with Crippen LogP contribution in [0.2, 0.25) is 5.02 Å². The van der Waals surface area contributed by atoms with Gasteiger partial charge in [0.15, 0.2) is 5.82 Å². The largest absolute Gasteiger partial charge is 0.486 e. The van der Waals surface area contributed by atoms with E-state index in [1.165, 1.54) is 11.8 Å². The van der Waals surface area contributed by atoms with Gasteiger partial charge in [-0.2, -0.15) is 0 Å². The predicted octanol–water partition coefficient (Wildman–Crippen LogP) is 4.86. The van der Waals surface area contributed by atoms with Gasteiger partial charge < -0.3 is 9.64 Å². The number of aryl methyl sites for hydroxylation is 1. The second-order valence-corrected chi connectivity index (χ2v) is 8.22. The van der Waals surface area contributed by atoms with Gasteiger partial charge in [0.05, 0.1) is 5.75 Å². The molecular weight excluding hydrogens is 396 g/mol. The second kappa shape index (κ2) is 10.7. The molecule has 1 N–H and O–H groups in total. The number of rotatable bonds is 10. The number of halogens is 1. The van der Waals surface area contributed by atoms with Gasteiger partial charge in [0, 0.05) is 17.1 Å². The normalized spacial score (nSPS) is 13.2. The summed E-state index contributed by atoms with van der Waals surface area (Å²) in [4.78, 5) is 19.1. The lowest BCUT2D eigenvalue weighted by Gasteiger charge is -2.33. The minimum absolute atomic E-state index is 0.118. The van der Waals surface area contributed by atoms with Crippen molar-refractivity contribution in [1.82, 2.24) is 20.1 Å². The van der Waals surface area contributed by atoms with Crippen LogP contribution in [0, 0.1) is 6.92 Å². The zero-order chi connectivity index (χ0) is 20.7. The summed E-state index contributed by atoms with van der Waals surface area (Å²) >= 11 is 7.37. The number of amides is 1. The Morgan fingerprint density at radius 1 is 1.29 bits per heavy atom. The minimum Gasteiger partial charge on any atom is -0.486 e. The van der Waals surface area contributed by atoms with Crippen molar-refractivity contribution in [2.75, 3.05) is 5.75 Å². The van der Waals surface area contributed by atoms with E-state index in [2.05, 4.69) is 42.9 Å². The van der Waals surface area contributed by atoms with Crippen molar-refractivity contribution in [2.24, 2.45) is 0 Å². The van der Waals surface area contributed by atoms with Gasteiger partial charge in [-0.1, -0.05) is 37.2 Å². The van der Waals surface area contributed by atoms with Gasteiger partial charge in [-0.15, -0.1) is 5.10 Å². The van der Waals surface area contributed by atoms with Crippen LogP contribution >= 0.6 is 23.4 Å². The molecule has 0 radical (unpaired) electrons. The number of ether oxygens (including phenoxy) is 1. The highest BCUT2D eigenvalue weighted by Gasteiger charge is 2.23. The van der Waals surface area contributed by atoms with E-state index >= 15 is 0 Å². The molecule has 0 aliphatic rings. The number of hydrogen-bond donors (Lipinski definition) is 1. The molecular formula is C20H29ClN4O2S. The summed E-state index contributed by atoms with van der Waals surface area (Å²) in [5, 5.41) is 8.30. The van der Waals surface area contributed by atoms with Crippen molar-refractivity contribution in [3.05, 3.63) is 34.6 Å². The summed E-state index contributed by atoms with van der Waals surface area (Å²) < 4.78 is 5.72. The number of carbonyl (C=O) groups excluding carboxylic acids is 1. The molecule has 28 heavy (non-hydrogen) atoms. The Kier molecular flexibility index (Phi) is 8.63. The van der Waals surface area contributed by atoms with Crippen LogP contribution in [-0.4, -0.2) is 43.8 Å². The smallest absolute Gasteiger partial charge is 0.233 e. The number of thioether (sulfide) groups is 1. The number of benzene rings is 1. The second-order valence-electron chi connectivity index (χ2n) is 6.87. The van der Waals surface area contributed by atoms with Crippen molar-refractivity contribution >= 4 is 29.3 Å². The van der Waals surface area contributed by atoms with Crippen LogP contribution in [0.15, 0.2) is 23.4 Å². The third kappa shape index (κ3) is 6.14. The van der Waals surface area contributed by atoms with Gasteiger partial charge in [-0.05, 0) is 57.4 Å². The molecule has 2 atom stereocenters. The number of aromatic amines is 1. The minimum atomic E-state index is 0.118. The zero-order valence-corrected chi connectivity index (χ0v) is 18.7. The Morgan fingerprint density at radius 3 is 2.57 bits per heavy atom. The number of hydrogen-bond acceptors (Lipinski definition) is 5. The molecule has 0 aliphatic heterocycles. The Balaban J connectivity index is 1.89. The first-order chi connectivity index (χ1) is 13.3. The van der Waals surface area contributed by atoms with E-state index in [0.29, 0.717) is 21.8 Å². The molecule has 0 bridgehead atoms. The lowest BCUT2D eigenvalue weighted by atomic mass is 10.1. The van der Waals surface area contributed by atoms with Crippen LogP contribution in [0.25, 0.3) is 0 Å². The number of nitrogens with one attached hydrogen (secondary N) is 1. The summed E-state index contributed by atoms with van der Waals surface area (Å²) in [5.74, 6) is 1.78. The molecule has 0 fully saturated rings. The van der Waals surface area contributed by atoms with E-state index < -0.39 is 0 Å². The van der Waals surface area contributed by atoms with Crippen LogP contribution in [0.5, 0.6) is 5.75 Å². The average Bonchev–Trinajstić information content (AvgIpc) is 3.15. The molecule has 1 amide bonds.